The summed E-state index contributed by atoms with van der Waals surface area (Å²) in [6.07, 6.45) is 1.89. The molecule has 2 aromatic carbocycles. The maximum atomic E-state index is 13.3. The van der Waals surface area contributed by atoms with E-state index in [1.807, 2.05) is 56.3 Å². The third kappa shape index (κ3) is 3.84. The number of H-pyrrole nitrogens is 1. The van der Waals surface area contributed by atoms with Crippen LogP contribution in [0, 0.1) is 13.8 Å². The summed E-state index contributed by atoms with van der Waals surface area (Å²) in [6, 6.07) is 17.9. The van der Waals surface area contributed by atoms with Crippen molar-refractivity contribution in [3.63, 3.8) is 0 Å². The normalized spacial score (nSPS) is 15.1. The molecule has 32 heavy (non-hydrogen) atoms. The monoisotopic (exact) mass is 444 g/mol. The van der Waals surface area contributed by atoms with E-state index in [0.29, 0.717) is 16.2 Å². The Morgan fingerprint density at radius 3 is 2.78 bits per heavy atom. The van der Waals surface area contributed by atoms with Crippen LogP contribution in [-0.4, -0.2) is 26.2 Å². The molecule has 2 N–H and O–H groups in total. The van der Waals surface area contributed by atoms with Gasteiger partial charge in [0.05, 0.1) is 23.0 Å². The largest absolute Gasteiger partial charge is 0.353 e. The molecule has 2 aromatic heterocycles. The molecule has 1 amide bonds. The lowest BCUT2D eigenvalue weighted by Crippen LogP contribution is -2.29. The molecule has 4 aromatic rings. The van der Waals surface area contributed by atoms with Crippen LogP contribution in [0.1, 0.15) is 34.8 Å². The highest BCUT2D eigenvalue weighted by Gasteiger charge is 2.24. The molecule has 6 nitrogen and oxygen atoms in total. The number of rotatable bonds is 5. The fourth-order valence-electron chi connectivity index (χ4n) is 4.27. The van der Waals surface area contributed by atoms with E-state index < -0.39 is 0 Å². The van der Waals surface area contributed by atoms with Gasteiger partial charge in [0.2, 0.25) is 5.91 Å². The quantitative estimate of drug-likeness (QED) is 0.357. The molecule has 0 spiro atoms. The Morgan fingerprint density at radius 2 is 1.97 bits per heavy atom. The Balaban J connectivity index is 1.42. The second kappa shape index (κ2) is 8.31. The lowest BCUT2D eigenvalue weighted by atomic mass is 10.1. The van der Waals surface area contributed by atoms with Crippen LogP contribution in [0.5, 0.6) is 0 Å². The van der Waals surface area contributed by atoms with Gasteiger partial charge in [-0.15, -0.1) is 0 Å². The van der Waals surface area contributed by atoms with Crippen molar-refractivity contribution >= 4 is 28.7 Å². The van der Waals surface area contributed by atoms with Gasteiger partial charge in [0.1, 0.15) is 5.52 Å². The standard InChI is InChI=1S/C25H24N4O2S/c1-15-7-10-18(11-8-15)29-24(31)23-21(13-16(2)26-23)28-25(29)32-14-22(30)27-20-12-9-17-5-3-4-6-19(17)20/h3-8,10-11,13,20,26H,9,12,14H2,1-2H3,(H,27,30)/t20-/m0/s1. The van der Waals surface area contributed by atoms with E-state index in [-0.39, 0.29) is 23.3 Å². The first-order valence-corrected chi connectivity index (χ1v) is 11.7. The van der Waals surface area contributed by atoms with Gasteiger partial charge in [-0.1, -0.05) is 53.7 Å². The van der Waals surface area contributed by atoms with Crippen molar-refractivity contribution in [1.29, 1.82) is 0 Å². The molecule has 0 fully saturated rings. The lowest BCUT2D eigenvalue weighted by Gasteiger charge is -2.15. The van der Waals surface area contributed by atoms with E-state index in [9.17, 15) is 9.59 Å². The molecule has 1 aliphatic rings. The number of aromatic nitrogens is 3. The number of thioether (sulfide) groups is 1. The summed E-state index contributed by atoms with van der Waals surface area (Å²) < 4.78 is 1.58. The van der Waals surface area contributed by atoms with Crippen molar-refractivity contribution in [2.24, 2.45) is 0 Å². The summed E-state index contributed by atoms with van der Waals surface area (Å²) in [5.74, 6) is 0.123. The number of fused-ring (bicyclic) bond motifs is 2. The zero-order valence-corrected chi connectivity index (χ0v) is 18.8. The van der Waals surface area contributed by atoms with Crippen LogP contribution in [0.4, 0.5) is 0 Å². The highest BCUT2D eigenvalue weighted by molar-refractivity contribution is 7.99. The van der Waals surface area contributed by atoms with Crippen LogP contribution in [-0.2, 0) is 11.2 Å². The van der Waals surface area contributed by atoms with E-state index in [4.69, 9.17) is 4.98 Å². The maximum Gasteiger partial charge on any atom is 0.283 e. The summed E-state index contributed by atoms with van der Waals surface area (Å²) in [4.78, 5) is 33.9. The molecule has 1 atom stereocenters. The number of hydrogen-bond acceptors (Lipinski definition) is 4. The number of benzene rings is 2. The number of nitrogens with zero attached hydrogens (tertiary/aromatic N) is 2. The zero-order chi connectivity index (χ0) is 22.2. The van der Waals surface area contributed by atoms with Gasteiger partial charge in [-0.05, 0) is 56.0 Å². The molecule has 162 valence electrons. The molecule has 1 aliphatic carbocycles. The van der Waals surface area contributed by atoms with E-state index in [0.717, 1.165) is 29.8 Å². The van der Waals surface area contributed by atoms with Crippen molar-refractivity contribution < 1.29 is 4.79 Å². The van der Waals surface area contributed by atoms with Crippen LogP contribution in [0.2, 0.25) is 0 Å². The Labute approximate surface area is 190 Å². The van der Waals surface area contributed by atoms with Crippen LogP contribution < -0.4 is 10.9 Å². The molecule has 0 saturated carbocycles. The second-order valence-corrected chi connectivity index (χ2v) is 9.17. The topological polar surface area (TPSA) is 79.8 Å². The van der Waals surface area contributed by atoms with Crippen LogP contribution in [0.3, 0.4) is 0 Å². The van der Waals surface area contributed by atoms with Crippen molar-refractivity contribution in [3.05, 3.63) is 87.3 Å². The highest BCUT2D eigenvalue weighted by Crippen LogP contribution is 2.31. The van der Waals surface area contributed by atoms with Gasteiger partial charge in [0.15, 0.2) is 5.16 Å². The number of carbonyl (C=O) groups is 1. The predicted octanol–water partition coefficient (Wildman–Crippen LogP) is 4.23. The van der Waals surface area contributed by atoms with Gasteiger partial charge in [0.25, 0.3) is 5.56 Å². The minimum Gasteiger partial charge on any atom is -0.353 e. The fraction of sp³-hybridized carbons (Fsp3) is 0.240. The second-order valence-electron chi connectivity index (χ2n) is 8.23. The van der Waals surface area contributed by atoms with E-state index in [1.165, 1.54) is 22.9 Å². The fourth-order valence-corrected chi connectivity index (χ4v) is 5.09. The first-order valence-electron chi connectivity index (χ1n) is 10.7. The van der Waals surface area contributed by atoms with E-state index in [1.54, 1.807) is 4.57 Å². The van der Waals surface area contributed by atoms with Gasteiger partial charge < -0.3 is 10.3 Å². The maximum absolute atomic E-state index is 13.3. The summed E-state index contributed by atoms with van der Waals surface area (Å²) in [7, 11) is 0. The molecular formula is C25H24N4O2S. The summed E-state index contributed by atoms with van der Waals surface area (Å²) in [6.45, 7) is 3.90. The smallest absolute Gasteiger partial charge is 0.283 e. The first-order chi connectivity index (χ1) is 15.5. The van der Waals surface area contributed by atoms with Gasteiger partial charge in [0, 0.05) is 5.69 Å². The zero-order valence-electron chi connectivity index (χ0n) is 18.0. The number of nitrogens with one attached hydrogen (secondary N) is 2. The Kier molecular flexibility index (Phi) is 5.35. The molecule has 0 bridgehead atoms. The van der Waals surface area contributed by atoms with Gasteiger partial charge in [-0.2, -0.15) is 0 Å². The lowest BCUT2D eigenvalue weighted by molar-refractivity contribution is -0.119. The Bertz CT molecular complexity index is 1370. The van der Waals surface area contributed by atoms with Gasteiger partial charge >= 0.3 is 0 Å². The third-order valence-corrected chi connectivity index (χ3v) is 6.79. The van der Waals surface area contributed by atoms with Gasteiger partial charge in [-0.25, -0.2) is 4.98 Å². The molecule has 2 heterocycles. The van der Waals surface area contributed by atoms with Crippen molar-refractivity contribution in [2.75, 3.05) is 5.75 Å². The Morgan fingerprint density at radius 1 is 1.19 bits per heavy atom. The summed E-state index contributed by atoms with van der Waals surface area (Å²) >= 11 is 1.28. The third-order valence-electron chi connectivity index (χ3n) is 5.85. The van der Waals surface area contributed by atoms with E-state index in [2.05, 4.69) is 22.4 Å². The minimum absolute atomic E-state index is 0.0429. The minimum atomic E-state index is -0.167. The average molecular weight is 445 g/mol. The van der Waals surface area contributed by atoms with Gasteiger partial charge in [-0.3, -0.25) is 14.2 Å². The number of aromatic amines is 1. The molecule has 0 aliphatic heterocycles. The summed E-state index contributed by atoms with van der Waals surface area (Å²) in [5, 5.41) is 3.65. The van der Waals surface area contributed by atoms with Crippen molar-refractivity contribution in [1.82, 2.24) is 19.9 Å². The van der Waals surface area contributed by atoms with Crippen LogP contribution >= 0.6 is 11.8 Å². The van der Waals surface area contributed by atoms with Crippen LogP contribution in [0.25, 0.3) is 16.7 Å². The molecule has 7 heteroatoms. The molecular weight excluding hydrogens is 420 g/mol. The molecule has 0 saturated heterocycles. The molecule has 5 rings (SSSR count). The number of aryl methyl sites for hydroxylation is 3. The number of hydrogen-bond donors (Lipinski definition) is 2. The first kappa shape index (κ1) is 20.6. The van der Waals surface area contributed by atoms with E-state index >= 15 is 0 Å². The SMILES string of the molecule is Cc1ccc(-n2c(SCC(=O)N[C@H]3CCc4ccccc43)nc3cc(C)[nH]c3c2=O)cc1. The molecule has 0 radical (unpaired) electrons. The van der Waals surface area contributed by atoms with Crippen molar-refractivity contribution in [3.8, 4) is 5.69 Å². The molecule has 0 unspecified atom stereocenters. The van der Waals surface area contributed by atoms with Crippen molar-refractivity contribution in [2.45, 2.75) is 37.9 Å². The Hall–Kier alpha value is -3.32. The predicted molar refractivity (Wildman–Crippen MR) is 128 cm³/mol. The summed E-state index contributed by atoms with van der Waals surface area (Å²) in [5.41, 5.74) is 6.13. The average Bonchev–Trinajstić information content (AvgIpc) is 3.36. The van der Waals surface area contributed by atoms with Crippen LogP contribution in [0.15, 0.2) is 64.5 Å². The number of amides is 1. The number of carbonyl (C=O) groups excluding carboxylic acids is 1. The highest BCUT2D eigenvalue weighted by atomic mass is 32.2.